The molecule has 3 heterocycles. The van der Waals surface area contributed by atoms with Crippen molar-refractivity contribution in [3.05, 3.63) is 29.8 Å². The Morgan fingerprint density at radius 1 is 0.939 bits per heavy atom. The zero-order chi connectivity index (χ0) is 22.2. The minimum atomic E-state index is 0.526. The predicted octanol–water partition coefficient (Wildman–Crippen LogP) is 5.58. The highest BCUT2D eigenvalue weighted by molar-refractivity contribution is 7.20. The van der Waals surface area contributed by atoms with E-state index < -0.39 is 0 Å². The highest BCUT2D eigenvalue weighted by Gasteiger charge is 2.28. The molecule has 33 heavy (non-hydrogen) atoms. The maximum atomic E-state index is 5.10. The van der Waals surface area contributed by atoms with E-state index in [0.717, 1.165) is 53.8 Å². The van der Waals surface area contributed by atoms with E-state index in [4.69, 9.17) is 10.1 Å². The van der Waals surface area contributed by atoms with Crippen molar-refractivity contribution in [3.8, 4) is 11.3 Å². The van der Waals surface area contributed by atoms with E-state index in [-0.39, 0.29) is 0 Å². The van der Waals surface area contributed by atoms with Gasteiger partial charge in [0.05, 0.1) is 0 Å². The van der Waals surface area contributed by atoms with Gasteiger partial charge in [0.2, 0.25) is 10.1 Å². The lowest BCUT2D eigenvalue weighted by Gasteiger charge is -2.40. The molecule has 0 radical (unpaired) electrons. The number of imidazole rings is 1. The van der Waals surface area contributed by atoms with Gasteiger partial charge in [0.15, 0.2) is 5.82 Å². The Morgan fingerprint density at radius 2 is 1.70 bits per heavy atom. The molecule has 1 aliphatic heterocycles. The first-order chi connectivity index (χ1) is 16.2. The third kappa shape index (κ3) is 4.37. The average molecular weight is 465 g/mol. The van der Waals surface area contributed by atoms with Crippen LogP contribution in [0.2, 0.25) is 0 Å². The maximum Gasteiger partial charge on any atom is 0.216 e. The Labute approximate surface area is 201 Å². The fourth-order valence-electron chi connectivity index (χ4n) is 5.98. The second-order valence-corrected chi connectivity index (χ2v) is 11.1. The molecule has 176 valence electrons. The molecule has 3 aromatic rings. The topological polar surface area (TPSA) is 48.7 Å². The second kappa shape index (κ2) is 9.26. The number of aromatic nitrogens is 3. The molecule has 0 bridgehead atoms. The van der Waals surface area contributed by atoms with Gasteiger partial charge in [0.25, 0.3) is 0 Å². The molecule has 2 aromatic heterocycles. The quantitative estimate of drug-likeness (QED) is 0.534. The van der Waals surface area contributed by atoms with E-state index in [1.165, 1.54) is 68.9 Å². The molecule has 0 atom stereocenters. The number of hydrogen-bond donors (Lipinski definition) is 1. The predicted molar refractivity (Wildman–Crippen MR) is 138 cm³/mol. The van der Waals surface area contributed by atoms with Crippen molar-refractivity contribution < 1.29 is 0 Å². The van der Waals surface area contributed by atoms with E-state index in [9.17, 15) is 0 Å². The zero-order valence-corrected chi connectivity index (χ0v) is 20.6. The van der Waals surface area contributed by atoms with Crippen molar-refractivity contribution in [2.75, 3.05) is 36.4 Å². The van der Waals surface area contributed by atoms with Gasteiger partial charge in [-0.25, -0.2) is 4.98 Å². The van der Waals surface area contributed by atoms with Crippen LogP contribution in [0, 0.1) is 6.92 Å². The standard InChI is InChI=1S/C26H36N6S/c1-19-8-7-9-20(18-19)23-24(27-21-10-5-6-11-21)32-25(28-23)33-26(29-32)31-16-14-30(15-17-31)22-12-3-2-4-13-22/h7-9,18,21-22,27H,2-6,10-17H2,1H3. The van der Waals surface area contributed by atoms with Crippen LogP contribution in [0.15, 0.2) is 24.3 Å². The van der Waals surface area contributed by atoms with Gasteiger partial charge in [-0.15, -0.1) is 5.10 Å². The highest BCUT2D eigenvalue weighted by atomic mass is 32.1. The van der Waals surface area contributed by atoms with Gasteiger partial charge >= 0.3 is 0 Å². The molecule has 0 amide bonds. The molecule has 7 heteroatoms. The second-order valence-electron chi connectivity index (χ2n) is 10.2. The zero-order valence-electron chi connectivity index (χ0n) is 19.8. The Bertz CT molecular complexity index is 1080. The van der Waals surface area contributed by atoms with Crippen molar-refractivity contribution >= 4 is 27.2 Å². The van der Waals surface area contributed by atoms with E-state index in [0.29, 0.717) is 6.04 Å². The summed E-state index contributed by atoms with van der Waals surface area (Å²) in [5.74, 6) is 1.07. The molecule has 1 aromatic carbocycles. The number of nitrogens with zero attached hydrogens (tertiary/aromatic N) is 5. The van der Waals surface area contributed by atoms with Crippen molar-refractivity contribution in [3.63, 3.8) is 0 Å². The number of fused-ring (bicyclic) bond motifs is 1. The van der Waals surface area contributed by atoms with E-state index in [1.807, 2.05) is 0 Å². The molecule has 0 unspecified atom stereocenters. The first-order valence-corrected chi connectivity index (χ1v) is 13.8. The number of hydrogen-bond acceptors (Lipinski definition) is 6. The lowest BCUT2D eigenvalue weighted by molar-refractivity contribution is 0.148. The van der Waals surface area contributed by atoms with Gasteiger partial charge in [0.1, 0.15) is 5.69 Å². The number of benzene rings is 1. The van der Waals surface area contributed by atoms with Gasteiger partial charge in [-0.2, -0.15) is 4.52 Å². The van der Waals surface area contributed by atoms with Crippen LogP contribution in [0.25, 0.3) is 16.2 Å². The van der Waals surface area contributed by atoms with Gasteiger partial charge in [0, 0.05) is 43.8 Å². The molecule has 2 saturated carbocycles. The first-order valence-electron chi connectivity index (χ1n) is 13.0. The number of aryl methyl sites for hydroxylation is 1. The molecular weight excluding hydrogens is 428 g/mol. The third-order valence-corrected chi connectivity index (χ3v) is 8.83. The van der Waals surface area contributed by atoms with Crippen molar-refractivity contribution in [2.45, 2.75) is 76.8 Å². The largest absolute Gasteiger partial charge is 0.365 e. The van der Waals surface area contributed by atoms with Gasteiger partial charge in [-0.3, -0.25) is 4.90 Å². The number of piperazine rings is 1. The smallest absolute Gasteiger partial charge is 0.216 e. The number of rotatable bonds is 5. The average Bonchev–Trinajstić information content (AvgIpc) is 3.58. The summed E-state index contributed by atoms with van der Waals surface area (Å²) in [5.41, 5.74) is 3.48. The van der Waals surface area contributed by atoms with Crippen LogP contribution in [0.5, 0.6) is 0 Å². The maximum absolute atomic E-state index is 5.10. The van der Waals surface area contributed by atoms with Crippen LogP contribution >= 0.6 is 11.3 Å². The summed E-state index contributed by atoms with van der Waals surface area (Å²) in [6, 6.07) is 10.0. The Morgan fingerprint density at radius 3 is 2.45 bits per heavy atom. The number of nitrogens with one attached hydrogen (secondary N) is 1. The van der Waals surface area contributed by atoms with E-state index in [2.05, 4.69) is 50.8 Å². The van der Waals surface area contributed by atoms with Crippen LogP contribution in [-0.2, 0) is 0 Å². The van der Waals surface area contributed by atoms with Gasteiger partial charge in [-0.1, -0.05) is 67.2 Å². The van der Waals surface area contributed by atoms with E-state index >= 15 is 0 Å². The molecule has 0 spiro atoms. The lowest BCUT2D eigenvalue weighted by Crippen LogP contribution is -2.50. The Kier molecular flexibility index (Phi) is 6.01. The van der Waals surface area contributed by atoms with Crippen LogP contribution < -0.4 is 10.2 Å². The molecule has 6 nitrogen and oxygen atoms in total. The Balaban J connectivity index is 1.25. The third-order valence-electron chi connectivity index (χ3n) is 7.86. The summed E-state index contributed by atoms with van der Waals surface area (Å²) < 4.78 is 2.09. The minimum Gasteiger partial charge on any atom is -0.365 e. The molecule has 6 rings (SSSR count). The minimum absolute atomic E-state index is 0.526. The summed E-state index contributed by atoms with van der Waals surface area (Å²) in [7, 11) is 0. The molecule has 1 saturated heterocycles. The molecule has 3 fully saturated rings. The van der Waals surface area contributed by atoms with E-state index in [1.54, 1.807) is 11.3 Å². The summed E-state index contributed by atoms with van der Waals surface area (Å²) in [6.07, 6.45) is 12.1. The summed E-state index contributed by atoms with van der Waals surface area (Å²) in [6.45, 7) is 6.62. The fourth-order valence-corrected chi connectivity index (χ4v) is 6.93. The molecule has 1 N–H and O–H groups in total. The lowest BCUT2D eigenvalue weighted by atomic mass is 9.94. The number of anilines is 2. The fraction of sp³-hybridized carbons (Fsp3) is 0.615. The molecular formula is C26H36N6S. The van der Waals surface area contributed by atoms with Crippen LogP contribution in [0.4, 0.5) is 10.9 Å². The normalized spacial score (nSPS) is 21.3. The first kappa shape index (κ1) is 21.4. The SMILES string of the molecule is Cc1cccc(-c2nc3sc(N4CCN(C5CCCCC5)CC4)nn3c2NC2CCCC2)c1. The van der Waals surface area contributed by atoms with Crippen LogP contribution in [0.3, 0.4) is 0 Å². The van der Waals surface area contributed by atoms with Gasteiger partial charge in [-0.05, 0) is 38.7 Å². The molecule has 2 aliphatic carbocycles. The monoisotopic (exact) mass is 464 g/mol. The van der Waals surface area contributed by atoms with Gasteiger partial charge < -0.3 is 10.2 Å². The van der Waals surface area contributed by atoms with Crippen LogP contribution in [0.1, 0.15) is 63.4 Å². The summed E-state index contributed by atoms with van der Waals surface area (Å²) in [4.78, 5) is 11.3. The van der Waals surface area contributed by atoms with Crippen LogP contribution in [-0.4, -0.2) is 57.8 Å². The summed E-state index contributed by atoms with van der Waals surface area (Å²) >= 11 is 1.74. The highest BCUT2D eigenvalue weighted by Crippen LogP contribution is 2.36. The van der Waals surface area contributed by atoms with Crippen molar-refractivity contribution in [2.24, 2.45) is 0 Å². The summed E-state index contributed by atoms with van der Waals surface area (Å²) in [5, 5.41) is 10.1. The molecule has 3 aliphatic rings. The van der Waals surface area contributed by atoms with Crippen molar-refractivity contribution in [1.29, 1.82) is 0 Å². The van der Waals surface area contributed by atoms with Crippen molar-refractivity contribution in [1.82, 2.24) is 19.5 Å². The Hall–Kier alpha value is -2.12.